The van der Waals surface area contributed by atoms with Crippen LogP contribution in [-0.4, -0.2) is 80.9 Å². The van der Waals surface area contributed by atoms with Crippen molar-refractivity contribution in [2.45, 2.75) is 6.61 Å². The van der Waals surface area contributed by atoms with Gasteiger partial charge in [-0.25, -0.2) is 5.43 Å². The van der Waals surface area contributed by atoms with Gasteiger partial charge < -0.3 is 28.7 Å². The van der Waals surface area contributed by atoms with Crippen molar-refractivity contribution in [3.8, 4) is 11.5 Å². The van der Waals surface area contributed by atoms with Crippen molar-refractivity contribution in [3.63, 3.8) is 0 Å². The summed E-state index contributed by atoms with van der Waals surface area (Å²) in [6, 6.07) is 13.2. The monoisotopic (exact) mass is 539 g/mol. The summed E-state index contributed by atoms with van der Waals surface area (Å²) in [7, 11) is 1.60. The van der Waals surface area contributed by atoms with E-state index >= 15 is 0 Å². The van der Waals surface area contributed by atoms with E-state index in [0.29, 0.717) is 67.4 Å². The van der Waals surface area contributed by atoms with Crippen LogP contribution in [0.15, 0.2) is 47.6 Å². The zero-order valence-corrected chi connectivity index (χ0v) is 21.9. The number of nitrogens with one attached hydrogen (secondary N) is 1. The molecule has 2 aliphatic heterocycles. The summed E-state index contributed by atoms with van der Waals surface area (Å²) >= 11 is 6.24. The van der Waals surface area contributed by atoms with E-state index in [1.54, 1.807) is 13.3 Å². The van der Waals surface area contributed by atoms with Crippen molar-refractivity contribution in [1.82, 2.24) is 15.0 Å². The standard InChI is InChI=1S/C26H30ClN7O4/c1-35-23-16-19(6-7-22(23)38-18-20-4-2-3-5-21(20)27)17-28-32-24-29-25(33-8-12-36-13-9-33)31-26(30-24)34-10-14-37-15-11-34/h2-7,16-17H,8-15,18H2,1H3,(H,29,30,31,32). The molecule has 2 fully saturated rings. The van der Waals surface area contributed by atoms with Crippen LogP contribution in [0.1, 0.15) is 11.1 Å². The van der Waals surface area contributed by atoms with Crippen molar-refractivity contribution in [1.29, 1.82) is 0 Å². The minimum Gasteiger partial charge on any atom is -0.493 e. The Hall–Kier alpha value is -3.67. The number of halogens is 1. The lowest BCUT2D eigenvalue weighted by Gasteiger charge is -2.30. The first-order valence-corrected chi connectivity index (χ1v) is 12.8. The second kappa shape index (κ2) is 12.7. The number of hydrogen-bond donors (Lipinski definition) is 1. The van der Waals surface area contributed by atoms with E-state index < -0.39 is 0 Å². The smallest absolute Gasteiger partial charge is 0.250 e. The van der Waals surface area contributed by atoms with Gasteiger partial charge in [0.25, 0.3) is 0 Å². The molecule has 38 heavy (non-hydrogen) atoms. The van der Waals surface area contributed by atoms with Crippen LogP contribution in [0.3, 0.4) is 0 Å². The van der Waals surface area contributed by atoms with Crippen LogP contribution in [0, 0.1) is 0 Å². The summed E-state index contributed by atoms with van der Waals surface area (Å²) in [5, 5.41) is 5.03. The quantitative estimate of drug-likeness (QED) is 0.322. The van der Waals surface area contributed by atoms with E-state index in [-0.39, 0.29) is 0 Å². The Morgan fingerprint density at radius 3 is 2.21 bits per heavy atom. The Kier molecular flexibility index (Phi) is 8.69. The third-order valence-electron chi connectivity index (χ3n) is 6.11. The second-order valence-electron chi connectivity index (χ2n) is 8.62. The number of nitrogens with zero attached hydrogens (tertiary/aromatic N) is 6. The summed E-state index contributed by atoms with van der Waals surface area (Å²) in [4.78, 5) is 18.1. The van der Waals surface area contributed by atoms with Gasteiger partial charge in [-0.15, -0.1) is 0 Å². The number of aromatic nitrogens is 3. The summed E-state index contributed by atoms with van der Waals surface area (Å²) in [5.41, 5.74) is 4.68. The van der Waals surface area contributed by atoms with Gasteiger partial charge in [0.1, 0.15) is 6.61 Å². The molecule has 0 unspecified atom stereocenters. The fourth-order valence-corrected chi connectivity index (χ4v) is 4.22. The van der Waals surface area contributed by atoms with Crippen LogP contribution in [0.2, 0.25) is 5.02 Å². The summed E-state index contributed by atoms with van der Waals surface area (Å²) in [5.74, 6) is 2.77. The normalized spacial score (nSPS) is 16.1. The van der Waals surface area contributed by atoms with Crippen LogP contribution in [0.25, 0.3) is 0 Å². The van der Waals surface area contributed by atoms with Gasteiger partial charge in [0.05, 0.1) is 39.8 Å². The highest BCUT2D eigenvalue weighted by Crippen LogP contribution is 2.29. The molecule has 5 rings (SSSR count). The maximum absolute atomic E-state index is 6.24. The molecule has 0 atom stereocenters. The fourth-order valence-electron chi connectivity index (χ4n) is 4.03. The molecule has 11 nitrogen and oxygen atoms in total. The van der Waals surface area contributed by atoms with Gasteiger partial charge in [0.15, 0.2) is 11.5 Å². The van der Waals surface area contributed by atoms with Crippen molar-refractivity contribution >= 4 is 35.7 Å². The molecule has 3 heterocycles. The first-order chi connectivity index (χ1) is 18.7. The van der Waals surface area contributed by atoms with Crippen LogP contribution < -0.4 is 24.7 Å². The van der Waals surface area contributed by atoms with E-state index in [2.05, 4.69) is 30.3 Å². The molecule has 1 aromatic heterocycles. The molecule has 200 valence electrons. The molecule has 12 heteroatoms. The molecule has 3 aromatic rings. The number of anilines is 3. The van der Waals surface area contributed by atoms with E-state index in [1.807, 2.05) is 42.5 Å². The SMILES string of the molecule is COc1cc(C=NNc2nc(N3CCOCC3)nc(N3CCOCC3)n2)ccc1OCc1ccccc1Cl. The van der Waals surface area contributed by atoms with E-state index in [4.69, 9.17) is 35.5 Å². The van der Waals surface area contributed by atoms with Crippen LogP contribution in [0.4, 0.5) is 17.8 Å². The van der Waals surface area contributed by atoms with Gasteiger partial charge in [0, 0.05) is 36.8 Å². The van der Waals surface area contributed by atoms with Crippen LogP contribution in [-0.2, 0) is 16.1 Å². The van der Waals surface area contributed by atoms with Crippen LogP contribution in [0.5, 0.6) is 11.5 Å². The number of hydrogen-bond acceptors (Lipinski definition) is 11. The Labute approximate surface area is 226 Å². The molecule has 0 aliphatic carbocycles. The fraction of sp³-hybridized carbons (Fsp3) is 0.385. The summed E-state index contributed by atoms with van der Waals surface area (Å²) in [6.07, 6.45) is 1.67. The molecule has 0 saturated carbocycles. The largest absolute Gasteiger partial charge is 0.493 e. The highest BCUT2D eigenvalue weighted by molar-refractivity contribution is 6.31. The Morgan fingerprint density at radius 1 is 0.921 bits per heavy atom. The number of methoxy groups -OCH3 is 1. The molecular weight excluding hydrogens is 510 g/mol. The third kappa shape index (κ3) is 6.60. The Morgan fingerprint density at radius 2 is 1.58 bits per heavy atom. The van der Waals surface area contributed by atoms with Crippen molar-refractivity contribution in [3.05, 3.63) is 58.6 Å². The lowest BCUT2D eigenvalue weighted by atomic mass is 10.2. The molecular formula is C26H30ClN7O4. The average Bonchev–Trinajstić information content (AvgIpc) is 2.98. The highest BCUT2D eigenvalue weighted by Gasteiger charge is 2.20. The number of morpholine rings is 2. The predicted octanol–water partition coefficient (Wildman–Crippen LogP) is 3.23. The van der Waals surface area contributed by atoms with Gasteiger partial charge in [0.2, 0.25) is 17.8 Å². The maximum Gasteiger partial charge on any atom is 0.250 e. The van der Waals surface area contributed by atoms with E-state index in [0.717, 1.165) is 37.3 Å². The number of hydrazone groups is 1. The summed E-state index contributed by atoms with van der Waals surface area (Å²) in [6.45, 7) is 5.78. The lowest BCUT2D eigenvalue weighted by molar-refractivity contribution is 0.121. The van der Waals surface area contributed by atoms with E-state index in [1.165, 1.54) is 0 Å². The molecule has 1 N–H and O–H groups in total. The molecule has 2 aliphatic rings. The Balaban J connectivity index is 1.29. The number of ether oxygens (including phenoxy) is 4. The zero-order chi connectivity index (χ0) is 26.2. The van der Waals surface area contributed by atoms with Gasteiger partial charge in [-0.2, -0.15) is 20.1 Å². The topological polar surface area (TPSA) is 106 Å². The lowest BCUT2D eigenvalue weighted by Crippen LogP contribution is -2.40. The first-order valence-electron chi connectivity index (χ1n) is 12.4. The molecule has 0 radical (unpaired) electrons. The van der Waals surface area contributed by atoms with Crippen LogP contribution >= 0.6 is 11.6 Å². The second-order valence-corrected chi connectivity index (χ2v) is 9.03. The predicted molar refractivity (Wildman–Crippen MR) is 146 cm³/mol. The Bertz CT molecular complexity index is 1210. The van der Waals surface area contributed by atoms with Crippen molar-refractivity contribution < 1.29 is 18.9 Å². The third-order valence-corrected chi connectivity index (χ3v) is 6.48. The average molecular weight is 540 g/mol. The van der Waals surface area contributed by atoms with Gasteiger partial charge in [-0.1, -0.05) is 29.8 Å². The minimum atomic E-state index is 0.335. The number of rotatable bonds is 9. The molecule has 0 amide bonds. The molecule has 2 aromatic carbocycles. The van der Waals surface area contributed by atoms with Gasteiger partial charge >= 0.3 is 0 Å². The minimum absolute atomic E-state index is 0.335. The highest BCUT2D eigenvalue weighted by atomic mass is 35.5. The molecule has 2 saturated heterocycles. The molecule has 0 spiro atoms. The van der Waals surface area contributed by atoms with Crippen molar-refractivity contribution in [2.75, 3.05) is 74.9 Å². The summed E-state index contributed by atoms with van der Waals surface area (Å²) < 4.78 is 22.4. The van der Waals surface area contributed by atoms with Gasteiger partial charge in [-0.3, -0.25) is 0 Å². The first kappa shape index (κ1) is 26.0. The molecule has 0 bridgehead atoms. The zero-order valence-electron chi connectivity index (χ0n) is 21.2. The van der Waals surface area contributed by atoms with Gasteiger partial charge in [-0.05, 0) is 29.8 Å². The van der Waals surface area contributed by atoms with Crippen molar-refractivity contribution in [2.24, 2.45) is 5.10 Å². The maximum atomic E-state index is 6.24. The number of benzene rings is 2. The van der Waals surface area contributed by atoms with E-state index in [9.17, 15) is 0 Å².